The van der Waals surface area contributed by atoms with Crippen LogP contribution < -0.4 is 5.73 Å². The number of hydrogen-bond acceptors (Lipinski definition) is 3. The number of rotatable bonds is 2. The number of fused-ring (bicyclic) bond motifs is 5. The lowest BCUT2D eigenvalue weighted by Gasteiger charge is -2.61. The molecule has 4 heteroatoms. The van der Waals surface area contributed by atoms with Gasteiger partial charge in [0.1, 0.15) is 6.10 Å². The standard InChI is InChI=1S/C21H35NO3/c1-20-9-7-13(23)11-12(20)3-4-14-15-5-6-17(18(24)19(22)25)21(15,2)10-8-16(14)20/h12-18,23-24H,3-11H2,1-2H3,(H2,22,25)/t12-,13+,14-,15-,16-,17+,18?,20-,21-/m0/s1. The van der Waals surface area contributed by atoms with Crippen molar-refractivity contribution in [3.63, 3.8) is 0 Å². The maximum atomic E-state index is 11.6. The summed E-state index contributed by atoms with van der Waals surface area (Å²) in [4.78, 5) is 11.6. The molecule has 1 unspecified atom stereocenters. The van der Waals surface area contributed by atoms with E-state index in [-0.39, 0.29) is 17.4 Å². The molecule has 1 amide bonds. The molecule has 0 heterocycles. The van der Waals surface area contributed by atoms with Crippen LogP contribution in [-0.2, 0) is 4.79 Å². The third kappa shape index (κ3) is 2.50. The fraction of sp³-hybridized carbons (Fsp3) is 0.952. The summed E-state index contributed by atoms with van der Waals surface area (Å²) in [6.07, 6.45) is 8.93. The topological polar surface area (TPSA) is 83.6 Å². The lowest BCUT2D eigenvalue weighted by atomic mass is 9.44. The second-order valence-corrected chi connectivity index (χ2v) is 10.2. The first-order valence-electron chi connectivity index (χ1n) is 10.4. The van der Waals surface area contributed by atoms with Crippen LogP contribution >= 0.6 is 0 Å². The summed E-state index contributed by atoms with van der Waals surface area (Å²) in [6, 6.07) is 0. The number of carbonyl (C=O) groups excluding carboxylic acids is 1. The minimum Gasteiger partial charge on any atom is -0.393 e. The van der Waals surface area contributed by atoms with E-state index in [0.29, 0.717) is 17.3 Å². The van der Waals surface area contributed by atoms with E-state index in [4.69, 9.17) is 5.73 Å². The monoisotopic (exact) mass is 349 g/mol. The minimum atomic E-state index is -0.983. The summed E-state index contributed by atoms with van der Waals surface area (Å²) >= 11 is 0. The minimum absolute atomic E-state index is 0.0367. The summed E-state index contributed by atoms with van der Waals surface area (Å²) in [5, 5.41) is 20.5. The molecule has 0 aliphatic heterocycles. The third-order valence-corrected chi connectivity index (χ3v) is 9.38. The molecule has 0 bridgehead atoms. The van der Waals surface area contributed by atoms with Crippen LogP contribution in [0, 0.1) is 40.4 Å². The van der Waals surface area contributed by atoms with Gasteiger partial charge in [-0.15, -0.1) is 0 Å². The predicted octanol–water partition coefficient (Wildman–Crippen LogP) is 2.85. The van der Waals surface area contributed by atoms with E-state index >= 15 is 0 Å². The number of aliphatic hydroxyl groups excluding tert-OH is 2. The van der Waals surface area contributed by atoms with E-state index in [0.717, 1.165) is 50.4 Å². The highest BCUT2D eigenvalue weighted by molar-refractivity contribution is 5.79. The first-order valence-corrected chi connectivity index (χ1v) is 10.4. The molecule has 0 saturated heterocycles. The van der Waals surface area contributed by atoms with Gasteiger partial charge in [-0.1, -0.05) is 13.8 Å². The van der Waals surface area contributed by atoms with Gasteiger partial charge in [-0.05, 0) is 98.2 Å². The molecule has 0 aromatic heterocycles. The van der Waals surface area contributed by atoms with Crippen LogP contribution in [0.15, 0.2) is 0 Å². The number of carbonyl (C=O) groups is 1. The van der Waals surface area contributed by atoms with Gasteiger partial charge in [0.05, 0.1) is 6.10 Å². The van der Waals surface area contributed by atoms with Crippen LogP contribution in [-0.4, -0.2) is 28.3 Å². The average Bonchev–Trinajstić information content (AvgIpc) is 2.92. The molecule has 4 saturated carbocycles. The molecule has 0 spiro atoms. The van der Waals surface area contributed by atoms with E-state index in [2.05, 4.69) is 13.8 Å². The van der Waals surface area contributed by atoms with Gasteiger partial charge in [0.25, 0.3) is 0 Å². The SMILES string of the molecule is C[C@]12CC[C@@H](O)C[C@@H]1CC[C@@H]1[C@@H]2CC[C@]2(C)[C@@H](C(O)C(N)=O)CC[C@@H]12. The predicted molar refractivity (Wildman–Crippen MR) is 96.4 cm³/mol. The molecule has 0 aromatic carbocycles. The largest absolute Gasteiger partial charge is 0.393 e. The lowest BCUT2D eigenvalue weighted by molar-refractivity contribution is -0.143. The molecule has 4 fully saturated rings. The Bertz CT molecular complexity index is 551. The van der Waals surface area contributed by atoms with Gasteiger partial charge in [-0.3, -0.25) is 4.79 Å². The van der Waals surface area contributed by atoms with Gasteiger partial charge >= 0.3 is 0 Å². The normalized spacial score (nSPS) is 53.4. The van der Waals surface area contributed by atoms with Crippen LogP contribution in [0.1, 0.15) is 71.6 Å². The van der Waals surface area contributed by atoms with Gasteiger partial charge in [-0.2, -0.15) is 0 Å². The van der Waals surface area contributed by atoms with Gasteiger partial charge < -0.3 is 15.9 Å². The van der Waals surface area contributed by atoms with Crippen LogP contribution in [0.4, 0.5) is 0 Å². The van der Waals surface area contributed by atoms with Crippen LogP contribution in [0.2, 0.25) is 0 Å². The van der Waals surface area contributed by atoms with Crippen LogP contribution in [0.5, 0.6) is 0 Å². The fourth-order valence-corrected chi connectivity index (χ4v) is 7.99. The fourth-order valence-electron chi connectivity index (χ4n) is 7.99. The Morgan fingerprint density at radius 1 is 1.00 bits per heavy atom. The van der Waals surface area contributed by atoms with Crippen molar-refractivity contribution < 1.29 is 15.0 Å². The molecule has 4 aliphatic carbocycles. The molecular formula is C21H35NO3. The Hall–Kier alpha value is -0.610. The zero-order chi connectivity index (χ0) is 18.0. The molecule has 0 aromatic rings. The van der Waals surface area contributed by atoms with Crippen molar-refractivity contribution in [2.24, 2.45) is 46.2 Å². The second-order valence-electron chi connectivity index (χ2n) is 10.2. The van der Waals surface area contributed by atoms with E-state index in [1.165, 1.54) is 19.3 Å². The maximum absolute atomic E-state index is 11.6. The smallest absolute Gasteiger partial charge is 0.246 e. The van der Waals surface area contributed by atoms with E-state index in [9.17, 15) is 15.0 Å². The second kappa shape index (κ2) is 5.95. The number of nitrogens with two attached hydrogens (primary N) is 1. The van der Waals surface area contributed by atoms with Gasteiger partial charge in [0.15, 0.2) is 0 Å². The van der Waals surface area contributed by atoms with Gasteiger partial charge in [0.2, 0.25) is 5.91 Å². The highest BCUT2D eigenvalue weighted by Gasteiger charge is 2.61. The molecule has 142 valence electrons. The van der Waals surface area contributed by atoms with Crippen molar-refractivity contribution in [3.05, 3.63) is 0 Å². The summed E-state index contributed by atoms with van der Waals surface area (Å²) < 4.78 is 0. The third-order valence-electron chi connectivity index (χ3n) is 9.38. The quantitative estimate of drug-likeness (QED) is 0.717. The van der Waals surface area contributed by atoms with Gasteiger partial charge in [-0.25, -0.2) is 0 Å². The molecule has 4 N–H and O–H groups in total. The Balaban J connectivity index is 1.59. The van der Waals surface area contributed by atoms with Crippen molar-refractivity contribution in [1.29, 1.82) is 0 Å². The first-order chi connectivity index (χ1) is 11.8. The molecular weight excluding hydrogens is 314 g/mol. The molecule has 0 radical (unpaired) electrons. The first kappa shape index (κ1) is 17.8. The van der Waals surface area contributed by atoms with E-state index < -0.39 is 12.0 Å². The number of aliphatic hydroxyl groups is 2. The lowest BCUT2D eigenvalue weighted by Crippen LogP contribution is -2.55. The van der Waals surface area contributed by atoms with Crippen molar-refractivity contribution in [2.45, 2.75) is 83.8 Å². The van der Waals surface area contributed by atoms with Crippen molar-refractivity contribution in [2.75, 3.05) is 0 Å². The Kier molecular flexibility index (Phi) is 4.23. The zero-order valence-electron chi connectivity index (χ0n) is 15.8. The zero-order valence-corrected chi connectivity index (χ0v) is 15.8. The number of amides is 1. The van der Waals surface area contributed by atoms with E-state index in [1.54, 1.807) is 0 Å². The van der Waals surface area contributed by atoms with Crippen LogP contribution in [0.3, 0.4) is 0 Å². The summed E-state index contributed by atoms with van der Waals surface area (Å²) in [5.74, 6) is 2.26. The van der Waals surface area contributed by atoms with Crippen LogP contribution in [0.25, 0.3) is 0 Å². The average molecular weight is 350 g/mol. The Labute approximate surface area is 151 Å². The summed E-state index contributed by atoms with van der Waals surface area (Å²) in [7, 11) is 0. The number of hydrogen-bond donors (Lipinski definition) is 3. The van der Waals surface area contributed by atoms with E-state index in [1.807, 2.05) is 0 Å². The van der Waals surface area contributed by atoms with Gasteiger partial charge in [0, 0.05) is 0 Å². The van der Waals surface area contributed by atoms with Crippen molar-refractivity contribution in [3.8, 4) is 0 Å². The number of primary amides is 1. The maximum Gasteiger partial charge on any atom is 0.246 e. The van der Waals surface area contributed by atoms with Crippen molar-refractivity contribution >= 4 is 5.91 Å². The highest BCUT2D eigenvalue weighted by atomic mass is 16.3. The van der Waals surface area contributed by atoms with Crippen molar-refractivity contribution in [1.82, 2.24) is 0 Å². The highest BCUT2D eigenvalue weighted by Crippen LogP contribution is 2.67. The molecule has 4 rings (SSSR count). The summed E-state index contributed by atoms with van der Waals surface area (Å²) in [6.45, 7) is 4.81. The molecule has 4 aliphatic rings. The molecule has 4 nitrogen and oxygen atoms in total. The Morgan fingerprint density at radius 3 is 2.40 bits per heavy atom. The summed E-state index contributed by atoms with van der Waals surface area (Å²) in [5.41, 5.74) is 5.88. The molecule has 9 atom stereocenters. The Morgan fingerprint density at radius 2 is 1.68 bits per heavy atom. The molecule has 25 heavy (non-hydrogen) atoms.